The highest BCUT2D eigenvalue weighted by Crippen LogP contribution is 2.38. The van der Waals surface area contributed by atoms with E-state index in [0.717, 1.165) is 9.87 Å². The average molecular weight is 447 g/mol. The molecule has 3 aromatic heterocycles. The summed E-state index contributed by atoms with van der Waals surface area (Å²) in [7, 11) is -4.22. The van der Waals surface area contributed by atoms with Gasteiger partial charge in [-0.15, -0.1) is 0 Å². The number of amides is 2. The number of sulfonamides is 1. The molecule has 0 bridgehead atoms. The molecule has 0 saturated heterocycles. The van der Waals surface area contributed by atoms with Crippen molar-refractivity contribution in [2.24, 2.45) is 0 Å². The van der Waals surface area contributed by atoms with E-state index in [1.54, 1.807) is 42.6 Å². The van der Waals surface area contributed by atoms with Crippen LogP contribution in [0, 0.1) is 6.92 Å². The fourth-order valence-corrected chi connectivity index (χ4v) is 5.11. The van der Waals surface area contributed by atoms with Gasteiger partial charge in [-0.05, 0) is 48.9 Å². The maximum Gasteiger partial charge on any atom is 0.344 e. The molecular weight excluding hydrogens is 430 g/mol. The summed E-state index contributed by atoms with van der Waals surface area (Å²) in [6.07, 6.45) is 3.00. The topological polar surface area (TPSA) is 105 Å². The first-order valence-corrected chi connectivity index (χ1v) is 11.2. The predicted molar refractivity (Wildman–Crippen MR) is 117 cm³/mol. The predicted octanol–water partition coefficient (Wildman–Crippen LogP) is 2.86. The molecule has 1 aliphatic heterocycles. The molecule has 0 radical (unpaired) electrons. The maximum atomic E-state index is 13.5. The molecule has 5 rings (SSSR count). The molecule has 160 valence electrons. The Morgan fingerprint density at radius 1 is 0.969 bits per heavy atom. The second-order valence-electron chi connectivity index (χ2n) is 7.31. The zero-order valence-electron chi connectivity index (χ0n) is 16.9. The van der Waals surface area contributed by atoms with Gasteiger partial charge in [0.2, 0.25) is 0 Å². The number of hydrogen-bond donors (Lipinski definition) is 0. The molecule has 0 spiro atoms. The van der Waals surface area contributed by atoms with Crippen LogP contribution in [0.5, 0.6) is 0 Å². The van der Waals surface area contributed by atoms with Crippen molar-refractivity contribution < 1.29 is 13.2 Å². The van der Waals surface area contributed by atoms with Gasteiger partial charge in [-0.2, -0.15) is 0 Å². The normalized spacial score (nSPS) is 15.1. The van der Waals surface area contributed by atoms with Crippen molar-refractivity contribution >= 4 is 33.2 Å². The Morgan fingerprint density at radius 3 is 2.62 bits per heavy atom. The van der Waals surface area contributed by atoms with E-state index in [4.69, 9.17) is 0 Å². The van der Waals surface area contributed by atoms with Crippen molar-refractivity contribution in [3.63, 3.8) is 0 Å². The van der Waals surface area contributed by atoms with Crippen molar-refractivity contribution in [1.29, 1.82) is 0 Å². The third-order valence-electron chi connectivity index (χ3n) is 5.12. The molecule has 0 saturated carbocycles. The third kappa shape index (κ3) is 3.12. The zero-order chi connectivity index (χ0) is 22.5. The average Bonchev–Trinajstić information content (AvgIpc) is 2.77. The van der Waals surface area contributed by atoms with Crippen LogP contribution >= 0.6 is 0 Å². The van der Waals surface area contributed by atoms with Crippen LogP contribution < -0.4 is 10.5 Å². The second-order valence-corrected chi connectivity index (χ2v) is 9.14. The Bertz CT molecular complexity index is 1550. The van der Waals surface area contributed by atoms with E-state index in [1.165, 1.54) is 33.7 Å². The van der Waals surface area contributed by atoms with Gasteiger partial charge < -0.3 is 0 Å². The quantitative estimate of drug-likeness (QED) is 0.478. The van der Waals surface area contributed by atoms with Crippen molar-refractivity contribution in [2.75, 3.05) is 4.90 Å². The van der Waals surface area contributed by atoms with Gasteiger partial charge in [-0.25, -0.2) is 32.4 Å². The molecule has 2 amide bonds. The largest absolute Gasteiger partial charge is 0.344 e. The summed E-state index contributed by atoms with van der Waals surface area (Å²) in [6, 6.07) is 15.5. The van der Waals surface area contributed by atoms with Gasteiger partial charge in [0.25, 0.3) is 15.6 Å². The molecule has 9 nitrogen and oxygen atoms in total. The number of aryl methyl sites for hydroxylation is 1. The van der Waals surface area contributed by atoms with Crippen LogP contribution in [0.1, 0.15) is 11.3 Å². The lowest BCUT2D eigenvalue weighted by Crippen LogP contribution is -2.48. The lowest BCUT2D eigenvalue weighted by atomic mass is 10.2. The van der Waals surface area contributed by atoms with Crippen molar-refractivity contribution in [3.05, 3.63) is 94.7 Å². The SMILES string of the molecule is Cc1cccc(N2C(=O)N(Cc3cc(=O)n4ccccc4n3)S(=O)(=O)c3cccnc32)c1. The fraction of sp³-hybridized carbons (Fsp3) is 0.0909. The number of aromatic nitrogens is 3. The van der Waals surface area contributed by atoms with Crippen molar-refractivity contribution in [2.45, 2.75) is 18.4 Å². The minimum absolute atomic E-state index is 0.0332. The molecule has 0 aliphatic carbocycles. The summed E-state index contributed by atoms with van der Waals surface area (Å²) in [6.45, 7) is 1.48. The van der Waals surface area contributed by atoms with Gasteiger partial charge in [-0.3, -0.25) is 9.20 Å². The highest BCUT2D eigenvalue weighted by Gasteiger charge is 2.43. The van der Waals surface area contributed by atoms with Gasteiger partial charge in [0.05, 0.1) is 17.9 Å². The zero-order valence-corrected chi connectivity index (χ0v) is 17.7. The Kier molecular flexibility index (Phi) is 4.52. The number of pyridine rings is 2. The first-order valence-electron chi connectivity index (χ1n) is 9.72. The smallest absolute Gasteiger partial charge is 0.269 e. The summed E-state index contributed by atoms with van der Waals surface area (Å²) >= 11 is 0. The molecule has 0 fully saturated rings. The molecule has 4 heterocycles. The van der Waals surface area contributed by atoms with Gasteiger partial charge >= 0.3 is 6.03 Å². The minimum atomic E-state index is -4.22. The van der Waals surface area contributed by atoms with E-state index in [0.29, 0.717) is 11.3 Å². The highest BCUT2D eigenvalue weighted by atomic mass is 32.2. The summed E-state index contributed by atoms with van der Waals surface area (Å²) in [4.78, 5) is 35.7. The minimum Gasteiger partial charge on any atom is -0.269 e. The Balaban J connectivity index is 1.66. The van der Waals surface area contributed by atoms with E-state index in [2.05, 4.69) is 9.97 Å². The van der Waals surface area contributed by atoms with E-state index < -0.39 is 22.6 Å². The van der Waals surface area contributed by atoms with Gasteiger partial charge in [0.15, 0.2) is 5.82 Å². The van der Waals surface area contributed by atoms with Crippen LogP contribution in [0.3, 0.4) is 0 Å². The number of carbonyl (C=O) groups is 1. The fourth-order valence-electron chi connectivity index (χ4n) is 3.66. The van der Waals surface area contributed by atoms with Crippen LogP contribution in [-0.4, -0.2) is 33.1 Å². The molecule has 4 aromatic rings. The number of fused-ring (bicyclic) bond motifs is 2. The van der Waals surface area contributed by atoms with Crippen LogP contribution in [0.25, 0.3) is 5.65 Å². The first kappa shape index (κ1) is 19.9. The molecule has 1 aromatic carbocycles. The summed E-state index contributed by atoms with van der Waals surface area (Å²) in [5.41, 5.74) is 1.53. The Morgan fingerprint density at radius 2 is 1.81 bits per heavy atom. The molecular formula is C22H17N5O4S. The van der Waals surface area contributed by atoms with Crippen molar-refractivity contribution in [3.8, 4) is 0 Å². The highest BCUT2D eigenvalue weighted by molar-refractivity contribution is 7.90. The molecule has 10 heteroatoms. The molecule has 0 unspecified atom stereocenters. The summed E-state index contributed by atoms with van der Waals surface area (Å²) in [5, 5.41) is 0. The van der Waals surface area contributed by atoms with Crippen molar-refractivity contribution in [1.82, 2.24) is 18.7 Å². The lowest BCUT2D eigenvalue weighted by Gasteiger charge is -2.35. The first-order chi connectivity index (χ1) is 15.4. The lowest BCUT2D eigenvalue weighted by molar-refractivity contribution is 0.228. The van der Waals surface area contributed by atoms with Crippen LogP contribution in [-0.2, 0) is 16.6 Å². The van der Waals surface area contributed by atoms with Gasteiger partial charge in [-0.1, -0.05) is 18.2 Å². The third-order valence-corrected chi connectivity index (χ3v) is 6.86. The monoisotopic (exact) mass is 447 g/mol. The summed E-state index contributed by atoms with van der Waals surface area (Å²) < 4.78 is 28.7. The summed E-state index contributed by atoms with van der Waals surface area (Å²) in [5.74, 6) is 0.0332. The Labute approximate surface area is 183 Å². The van der Waals surface area contributed by atoms with Gasteiger partial charge in [0.1, 0.15) is 10.5 Å². The molecule has 0 N–H and O–H groups in total. The molecule has 0 atom stereocenters. The number of carbonyl (C=O) groups excluding carboxylic acids is 1. The number of rotatable bonds is 3. The van der Waals surface area contributed by atoms with Crippen LogP contribution in [0.2, 0.25) is 0 Å². The van der Waals surface area contributed by atoms with E-state index in [9.17, 15) is 18.0 Å². The van der Waals surface area contributed by atoms with Gasteiger partial charge in [0, 0.05) is 18.5 Å². The number of benzene rings is 1. The molecule has 32 heavy (non-hydrogen) atoms. The van der Waals surface area contributed by atoms with E-state index in [-0.39, 0.29) is 22.0 Å². The number of urea groups is 1. The second kappa shape index (κ2) is 7.27. The number of nitrogens with zero attached hydrogens (tertiary/aromatic N) is 5. The van der Waals surface area contributed by atoms with Crippen LogP contribution in [0.4, 0.5) is 16.3 Å². The number of hydrogen-bond acceptors (Lipinski definition) is 6. The Hall–Kier alpha value is -4.05. The standard InChI is InChI=1S/C22H17N5O4S/c1-15-6-4-7-17(12-15)27-21-18(8-5-10-23-21)32(30,31)26(22(27)29)14-16-13-20(28)25-11-3-2-9-19(25)24-16/h2-13H,14H2,1H3. The van der Waals surface area contributed by atoms with E-state index >= 15 is 0 Å². The van der Waals surface area contributed by atoms with Crippen LogP contribution in [0.15, 0.2) is 82.7 Å². The van der Waals surface area contributed by atoms with E-state index in [1.807, 2.05) is 13.0 Å². The number of anilines is 2. The molecule has 1 aliphatic rings. The maximum absolute atomic E-state index is 13.5.